The van der Waals surface area contributed by atoms with Crippen molar-refractivity contribution in [2.75, 3.05) is 39.4 Å². The summed E-state index contributed by atoms with van der Waals surface area (Å²) in [5.41, 5.74) is 4.12. The maximum absolute atomic E-state index is 5.67. The van der Waals surface area contributed by atoms with Crippen molar-refractivity contribution in [1.82, 2.24) is 15.5 Å². The van der Waals surface area contributed by atoms with Crippen LogP contribution >= 0.6 is 24.0 Å². The first kappa shape index (κ1) is 23.4. The fourth-order valence-electron chi connectivity index (χ4n) is 4.33. The zero-order valence-corrected chi connectivity index (χ0v) is 20.1. The molecule has 0 saturated carbocycles. The molecule has 0 amide bonds. The number of aliphatic imine (C=N–C) groups is 1. The van der Waals surface area contributed by atoms with Crippen molar-refractivity contribution >= 4 is 29.9 Å². The Bertz CT molecular complexity index is 637. The van der Waals surface area contributed by atoms with Crippen LogP contribution in [-0.4, -0.2) is 55.8 Å². The second kappa shape index (κ2) is 11.4. The Morgan fingerprint density at radius 1 is 1.14 bits per heavy atom. The highest BCUT2D eigenvalue weighted by Gasteiger charge is 2.39. The zero-order valence-electron chi connectivity index (χ0n) is 17.7. The third kappa shape index (κ3) is 6.07. The summed E-state index contributed by atoms with van der Waals surface area (Å²) in [5.74, 6) is 0.919. The van der Waals surface area contributed by atoms with Crippen LogP contribution in [0.5, 0.6) is 0 Å². The first-order valence-electron chi connectivity index (χ1n) is 10.5. The molecule has 0 radical (unpaired) electrons. The lowest BCUT2D eigenvalue weighted by molar-refractivity contribution is -0.0164. The smallest absolute Gasteiger partial charge is 0.191 e. The summed E-state index contributed by atoms with van der Waals surface area (Å²) in [4.78, 5) is 7.55. The lowest BCUT2D eigenvalue weighted by Crippen LogP contribution is -2.58. The van der Waals surface area contributed by atoms with Crippen molar-refractivity contribution in [3.63, 3.8) is 0 Å². The molecule has 0 bridgehead atoms. The molecule has 0 aromatic heterocycles. The summed E-state index contributed by atoms with van der Waals surface area (Å²) < 4.78 is 5.67. The maximum Gasteiger partial charge on any atom is 0.191 e. The maximum atomic E-state index is 5.67. The van der Waals surface area contributed by atoms with Gasteiger partial charge in [0.25, 0.3) is 0 Å². The predicted molar refractivity (Wildman–Crippen MR) is 128 cm³/mol. The van der Waals surface area contributed by atoms with Crippen LogP contribution in [0.15, 0.2) is 23.2 Å². The summed E-state index contributed by atoms with van der Waals surface area (Å²) in [6, 6.07) is 6.60. The van der Waals surface area contributed by atoms with Gasteiger partial charge < -0.3 is 15.4 Å². The minimum Gasteiger partial charge on any atom is -0.381 e. The highest BCUT2D eigenvalue weighted by Crippen LogP contribution is 2.30. The molecule has 5 nitrogen and oxygen atoms in total. The number of hydrogen-bond acceptors (Lipinski definition) is 3. The largest absolute Gasteiger partial charge is 0.381 e. The van der Waals surface area contributed by atoms with Gasteiger partial charge in [0.1, 0.15) is 0 Å². The molecule has 2 fully saturated rings. The quantitative estimate of drug-likeness (QED) is 0.356. The van der Waals surface area contributed by atoms with Gasteiger partial charge in [-0.2, -0.15) is 0 Å². The van der Waals surface area contributed by atoms with Gasteiger partial charge in [-0.05, 0) is 70.7 Å². The van der Waals surface area contributed by atoms with E-state index in [4.69, 9.17) is 9.73 Å². The Hall–Kier alpha value is -0.860. The summed E-state index contributed by atoms with van der Waals surface area (Å²) >= 11 is 0. The van der Waals surface area contributed by atoms with Gasteiger partial charge in [0.05, 0.1) is 6.54 Å². The van der Waals surface area contributed by atoms with Crippen molar-refractivity contribution in [2.24, 2.45) is 4.99 Å². The van der Waals surface area contributed by atoms with Crippen LogP contribution in [-0.2, 0) is 11.3 Å². The fourth-order valence-corrected chi connectivity index (χ4v) is 4.33. The lowest BCUT2D eigenvalue weighted by Gasteiger charge is -2.45. The molecule has 2 saturated heterocycles. The molecule has 2 heterocycles. The Labute approximate surface area is 187 Å². The van der Waals surface area contributed by atoms with E-state index in [1.54, 1.807) is 0 Å². The van der Waals surface area contributed by atoms with Gasteiger partial charge in [0.15, 0.2) is 5.96 Å². The standard InChI is InChI=1S/C22H36N4O.HI/c1-4-23-21(24-16-20-8-7-18(2)15-19(20)3)25-17-22(9-13-27-14-10-22)26-11-5-6-12-26;/h7-8,15H,4-6,9-14,16-17H2,1-3H3,(H2,23,24,25);1H. The number of benzene rings is 1. The Morgan fingerprint density at radius 3 is 2.50 bits per heavy atom. The summed E-state index contributed by atoms with van der Waals surface area (Å²) in [5, 5.41) is 7.07. The molecule has 2 aliphatic rings. The van der Waals surface area contributed by atoms with E-state index in [1.165, 1.54) is 42.6 Å². The monoisotopic (exact) mass is 500 g/mol. The molecular weight excluding hydrogens is 463 g/mol. The molecule has 0 spiro atoms. The zero-order chi connectivity index (χ0) is 19.1. The number of rotatable bonds is 6. The van der Waals surface area contributed by atoms with Crippen molar-refractivity contribution in [3.8, 4) is 0 Å². The SMILES string of the molecule is CCNC(=NCc1ccc(C)cc1C)NCC1(N2CCCC2)CCOCC1.I. The molecule has 0 aliphatic carbocycles. The Balaban J connectivity index is 0.00000280. The fraction of sp³-hybridized carbons (Fsp3) is 0.682. The van der Waals surface area contributed by atoms with Crippen LogP contribution in [0.25, 0.3) is 0 Å². The van der Waals surface area contributed by atoms with Gasteiger partial charge in [0.2, 0.25) is 0 Å². The minimum absolute atomic E-state index is 0. The van der Waals surface area contributed by atoms with Crippen LogP contribution in [0.4, 0.5) is 0 Å². The minimum atomic E-state index is 0. The van der Waals surface area contributed by atoms with Gasteiger partial charge in [-0.25, -0.2) is 4.99 Å². The predicted octanol–water partition coefficient (Wildman–Crippen LogP) is 3.62. The van der Waals surface area contributed by atoms with Crippen molar-refractivity contribution in [1.29, 1.82) is 0 Å². The van der Waals surface area contributed by atoms with E-state index in [9.17, 15) is 0 Å². The molecule has 1 aromatic carbocycles. The number of aryl methyl sites for hydroxylation is 2. The lowest BCUT2D eigenvalue weighted by atomic mass is 9.88. The van der Waals surface area contributed by atoms with Gasteiger partial charge in [-0.3, -0.25) is 4.90 Å². The van der Waals surface area contributed by atoms with Crippen molar-refractivity contribution < 1.29 is 4.74 Å². The van der Waals surface area contributed by atoms with Crippen LogP contribution < -0.4 is 10.6 Å². The second-order valence-corrected chi connectivity index (χ2v) is 8.01. The Morgan fingerprint density at radius 2 is 1.86 bits per heavy atom. The van der Waals surface area contributed by atoms with Gasteiger partial charge in [0, 0.05) is 31.8 Å². The number of hydrogen-bond donors (Lipinski definition) is 2. The highest BCUT2D eigenvalue weighted by molar-refractivity contribution is 14.0. The average molecular weight is 500 g/mol. The number of halogens is 1. The van der Waals surface area contributed by atoms with E-state index in [-0.39, 0.29) is 29.5 Å². The second-order valence-electron chi connectivity index (χ2n) is 8.01. The third-order valence-electron chi connectivity index (χ3n) is 6.04. The molecular formula is C22H37IN4O. The van der Waals surface area contributed by atoms with Crippen LogP contribution in [0, 0.1) is 13.8 Å². The molecule has 2 N–H and O–H groups in total. The van der Waals surface area contributed by atoms with Crippen LogP contribution in [0.1, 0.15) is 49.3 Å². The van der Waals surface area contributed by atoms with Crippen molar-refractivity contribution in [2.45, 2.75) is 58.5 Å². The summed E-state index contributed by atoms with van der Waals surface area (Å²) in [6.45, 7) is 13.1. The van der Waals surface area contributed by atoms with E-state index in [1.807, 2.05) is 0 Å². The first-order valence-corrected chi connectivity index (χ1v) is 10.5. The van der Waals surface area contributed by atoms with Gasteiger partial charge >= 0.3 is 0 Å². The van der Waals surface area contributed by atoms with E-state index < -0.39 is 0 Å². The van der Waals surface area contributed by atoms with Crippen LogP contribution in [0.3, 0.4) is 0 Å². The molecule has 0 atom stereocenters. The number of likely N-dealkylation sites (tertiary alicyclic amines) is 1. The highest BCUT2D eigenvalue weighted by atomic mass is 127. The normalized spacial score (nSPS) is 19.9. The number of nitrogens with zero attached hydrogens (tertiary/aromatic N) is 2. The molecule has 0 unspecified atom stereocenters. The van der Waals surface area contributed by atoms with Gasteiger partial charge in [-0.1, -0.05) is 23.8 Å². The molecule has 2 aliphatic heterocycles. The molecule has 6 heteroatoms. The first-order chi connectivity index (χ1) is 13.1. The molecule has 3 rings (SSSR count). The molecule has 28 heavy (non-hydrogen) atoms. The number of guanidine groups is 1. The van der Waals surface area contributed by atoms with Gasteiger partial charge in [-0.15, -0.1) is 24.0 Å². The van der Waals surface area contributed by atoms with E-state index in [0.29, 0.717) is 6.54 Å². The summed E-state index contributed by atoms with van der Waals surface area (Å²) in [7, 11) is 0. The van der Waals surface area contributed by atoms with Crippen molar-refractivity contribution in [3.05, 3.63) is 34.9 Å². The number of nitrogens with one attached hydrogen (secondary N) is 2. The molecule has 158 valence electrons. The van der Waals surface area contributed by atoms with E-state index >= 15 is 0 Å². The topological polar surface area (TPSA) is 48.9 Å². The number of ether oxygens (including phenoxy) is 1. The van der Waals surface area contributed by atoms with E-state index in [2.05, 4.69) is 54.5 Å². The van der Waals surface area contributed by atoms with Crippen LogP contribution in [0.2, 0.25) is 0 Å². The average Bonchev–Trinajstić information content (AvgIpc) is 3.21. The summed E-state index contributed by atoms with van der Waals surface area (Å²) in [6.07, 6.45) is 4.86. The molecule has 1 aromatic rings. The Kier molecular flexibility index (Phi) is 9.50. The van der Waals surface area contributed by atoms with E-state index in [0.717, 1.165) is 45.1 Å². The third-order valence-corrected chi connectivity index (χ3v) is 6.04.